The molecule has 1 saturated carbocycles. The first kappa shape index (κ1) is 13.3. The van der Waals surface area contributed by atoms with Crippen molar-refractivity contribution in [3.05, 3.63) is 29.5 Å². The molecule has 0 bridgehead atoms. The summed E-state index contributed by atoms with van der Waals surface area (Å²) in [5.74, 6) is 1.88. The zero-order chi connectivity index (χ0) is 14.2. The average molecular weight is 302 g/mol. The van der Waals surface area contributed by atoms with Gasteiger partial charge in [0.05, 0.1) is 5.52 Å². The maximum absolute atomic E-state index is 6.16. The molecule has 2 aromatic rings. The van der Waals surface area contributed by atoms with E-state index in [1.807, 2.05) is 12.1 Å². The van der Waals surface area contributed by atoms with Crippen LogP contribution in [0.5, 0.6) is 0 Å². The first-order valence-electron chi connectivity index (χ1n) is 8.02. The van der Waals surface area contributed by atoms with Gasteiger partial charge in [0, 0.05) is 18.0 Å². The number of para-hydroxylation sites is 1. The fourth-order valence-electron chi connectivity index (χ4n) is 4.14. The number of nitrogens with zero attached hydrogens (tertiary/aromatic N) is 3. The lowest BCUT2D eigenvalue weighted by Crippen LogP contribution is -2.35. The van der Waals surface area contributed by atoms with Gasteiger partial charge in [0.15, 0.2) is 0 Å². The standard InChI is InChI=1S/C17H20ClN3/c18-17-19-14-9-4-3-8-13(14)16(20-17)21-11-5-10-15(21)12-6-1-2-7-12/h3-4,8-9,12,15H,1-2,5-7,10-11H2. The van der Waals surface area contributed by atoms with E-state index >= 15 is 0 Å². The molecule has 1 aromatic carbocycles. The van der Waals surface area contributed by atoms with Gasteiger partial charge in [-0.3, -0.25) is 0 Å². The Bertz CT molecular complexity index is 652. The summed E-state index contributed by atoms with van der Waals surface area (Å²) in [6, 6.07) is 8.84. The topological polar surface area (TPSA) is 29.0 Å². The van der Waals surface area contributed by atoms with E-state index in [1.165, 1.54) is 38.5 Å². The molecule has 1 atom stereocenters. The maximum Gasteiger partial charge on any atom is 0.224 e. The summed E-state index contributed by atoms with van der Waals surface area (Å²) in [7, 11) is 0. The third kappa shape index (κ3) is 2.38. The molecule has 2 heterocycles. The first-order valence-corrected chi connectivity index (χ1v) is 8.39. The second-order valence-electron chi connectivity index (χ2n) is 6.28. The van der Waals surface area contributed by atoms with E-state index in [4.69, 9.17) is 11.6 Å². The normalized spacial score (nSPS) is 23.3. The third-order valence-corrected chi connectivity index (χ3v) is 5.24. The van der Waals surface area contributed by atoms with Crippen LogP contribution in [-0.4, -0.2) is 22.6 Å². The predicted octanol–water partition coefficient (Wildman–Crippen LogP) is 4.44. The second kappa shape index (κ2) is 5.45. The second-order valence-corrected chi connectivity index (χ2v) is 6.62. The molecule has 2 fully saturated rings. The van der Waals surface area contributed by atoms with Crippen LogP contribution in [0.4, 0.5) is 5.82 Å². The van der Waals surface area contributed by atoms with Crippen LogP contribution in [-0.2, 0) is 0 Å². The molecule has 1 aliphatic heterocycles. The average Bonchev–Trinajstić information content (AvgIpc) is 3.17. The van der Waals surface area contributed by atoms with Crippen LogP contribution in [0.3, 0.4) is 0 Å². The highest BCUT2D eigenvalue weighted by atomic mass is 35.5. The van der Waals surface area contributed by atoms with E-state index < -0.39 is 0 Å². The lowest BCUT2D eigenvalue weighted by molar-refractivity contribution is 0.429. The molecule has 21 heavy (non-hydrogen) atoms. The number of rotatable bonds is 2. The van der Waals surface area contributed by atoms with Gasteiger partial charge >= 0.3 is 0 Å². The SMILES string of the molecule is Clc1nc(N2CCCC2C2CCCC2)c2ccccc2n1. The van der Waals surface area contributed by atoms with Crippen molar-refractivity contribution in [1.82, 2.24) is 9.97 Å². The highest BCUT2D eigenvalue weighted by Crippen LogP contribution is 2.39. The van der Waals surface area contributed by atoms with Crippen LogP contribution < -0.4 is 4.90 Å². The lowest BCUT2D eigenvalue weighted by atomic mass is 9.96. The van der Waals surface area contributed by atoms with Gasteiger partial charge in [-0.1, -0.05) is 25.0 Å². The monoisotopic (exact) mass is 301 g/mol. The van der Waals surface area contributed by atoms with Crippen molar-refractivity contribution in [1.29, 1.82) is 0 Å². The van der Waals surface area contributed by atoms with E-state index in [1.54, 1.807) is 0 Å². The Kier molecular flexibility index (Phi) is 3.46. The molecule has 1 aliphatic carbocycles. The fourth-order valence-corrected chi connectivity index (χ4v) is 4.31. The predicted molar refractivity (Wildman–Crippen MR) is 86.9 cm³/mol. The number of fused-ring (bicyclic) bond motifs is 1. The minimum atomic E-state index is 0.362. The summed E-state index contributed by atoms with van der Waals surface area (Å²) >= 11 is 6.16. The smallest absolute Gasteiger partial charge is 0.224 e. The van der Waals surface area contributed by atoms with Crippen molar-refractivity contribution in [2.75, 3.05) is 11.4 Å². The summed E-state index contributed by atoms with van der Waals surface area (Å²) in [4.78, 5) is 11.4. The van der Waals surface area contributed by atoms with Crippen LogP contribution in [0.2, 0.25) is 5.28 Å². The molecule has 1 saturated heterocycles. The minimum absolute atomic E-state index is 0.362. The Labute approximate surface area is 130 Å². The maximum atomic E-state index is 6.16. The van der Waals surface area contributed by atoms with Gasteiger partial charge < -0.3 is 4.90 Å². The molecule has 4 heteroatoms. The molecule has 1 aromatic heterocycles. The molecule has 1 unspecified atom stereocenters. The van der Waals surface area contributed by atoms with E-state index in [2.05, 4.69) is 27.0 Å². The highest BCUT2D eigenvalue weighted by Gasteiger charge is 2.34. The Balaban J connectivity index is 1.77. The molecule has 2 aliphatic rings. The lowest BCUT2D eigenvalue weighted by Gasteiger charge is -2.31. The molecular weight excluding hydrogens is 282 g/mol. The molecular formula is C17H20ClN3. The van der Waals surface area contributed by atoms with E-state index in [-0.39, 0.29) is 0 Å². The number of aromatic nitrogens is 2. The number of benzene rings is 1. The molecule has 110 valence electrons. The zero-order valence-electron chi connectivity index (χ0n) is 12.1. The van der Waals surface area contributed by atoms with Crippen molar-refractivity contribution < 1.29 is 0 Å². The Morgan fingerprint density at radius 1 is 1.00 bits per heavy atom. The van der Waals surface area contributed by atoms with Crippen molar-refractivity contribution in [3.8, 4) is 0 Å². The summed E-state index contributed by atoms with van der Waals surface area (Å²) in [6.45, 7) is 1.10. The summed E-state index contributed by atoms with van der Waals surface area (Å²) in [5.41, 5.74) is 0.949. The number of anilines is 1. The van der Waals surface area contributed by atoms with E-state index in [0.717, 1.165) is 29.2 Å². The zero-order valence-corrected chi connectivity index (χ0v) is 12.9. The Morgan fingerprint density at radius 3 is 2.67 bits per heavy atom. The van der Waals surface area contributed by atoms with Crippen LogP contribution >= 0.6 is 11.6 Å². The van der Waals surface area contributed by atoms with Gasteiger partial charge in [-0.05, 0) is 55.3 Å². The quantitative estimate of drug-likeness (QED) is 0.768. The van der Waals surface area contributed by atoms with Crippen molar-refractivity contribution in [2.45, 2.75) is 44.6 Å². The molecule has 0 N–H and O–H groups in total. The third-order valence-electron chi connectivity index (χ3n) is 5.07. The van der Waals surface area contributed by atoms with Gasteiger partial charge in [0.1, 0.15) is 5.82 Å². The largest absolute Gasteiger partial charge is 0.353 e. The van der Waals surface area contributed by atoms with E-state index in [9.17, 15) is 0 Å². The summed E-state index contributed by atoms with van der Waals surface area (Å²) in [6.07, 6.45) is 8.08. The van der Waals surface area contributed by atoms with Crippen molar-refractivity contribution in [2.24, 2.45) is 5.92 Å². The van der Waals surface area contributed by atoms with Gasteiger partial charge in [0.2, 0.25) is 5.28 Å². The number of halogens is 1. The van der Waals surface area contributed by atoms with Crippen LogP contribution in [0.1, 0.15) is 38.5 Å². The van der Waals surface area contributed by atoms with Gasteiger partial charge in [-0.25, -0.2) is 4.98 Å². The Hall–Kier alpha value is -1.35. The number of hydrogen-bond acceptors (Lipinski definition) is 3. The van der Waals surface area contributed by atoms with Gasteiger partial charge in [0.25, 0.3) is 0 Å². The van der Waals surface area contributed by atoms with Crippen LogP contribution in [0.15, 0.2) is 24.3 Å². The van der Waals surface area contributed by atoms with Gasteiger partial charge in [-0.2, -0.15) is 4.98 Å². The summed E-state index contributed by atoms with van der Waals surface area (Å²) in [5, 5.41) is 1.49. The van der Waals surface area contributed by atoms with E-state index in [0.29, 0.717) is 11.3 Å². The molecule has 4 rings (SSSR count). The van der Waals surface area contributed by atoms with Gasteiger partial charge in [-0.15, -0.1) is 0 Å². The highest BCUT2D eigenvalue weighted by molar-refractivity contribution is 6.28. The summed E-state index contributed by atoms with van der Waals surface area (Å²) < 4.78 is 0. The van der Waals surface area contributed by atoms with Crippen molar-refractivity contribution >= 4 is 28.3 Å². The molecule has 0 amide bonds. The fraction of sp³-hybridized carbons (Fsp3) is 0.529. The van der Waals surface area contributed by atoms with Crippen LogP contribution in [0, 0.1) is 5.92 Å². The minimum Gasteiger partial charge on any atom is -0.353 e. The van der Waals surface area contributed by atoms with Crippen molar-refractivity contribution in [3.63, 3.8) is 0 Å². The van der Waals surface area contributed by atoms with Crippen LogP contribution in [0.25, 0.3) is 10.9 Å². The first-order chi connectivity index (χ1) is 10.3. The molecule has 0 radical (unpaired) electrons. The Morgan fingerprint density at radius 2 is 1.81 bits per heavy atom. The molecule has 3 nitrogen and oxygen atoms in total. The number of hydrogen-bond donors (Lipinski definition) is 0. The molecule has 0 spiro atoms.